The van der Waals surface area contributed by atoms with Crippen LogP contribution in [-0.4, -0.2) is 21.3 Å². The van der Waals surface area contributed by atoms with E-state index in [9.17, 15) is 0 Å². The molecule has 7 heteroatoms. The number of rotatable bonds is 4. The van der Waals surface area contributed by atoms with E-state index in [4.69, 9.17) is 10.5 Å². The van der Waals surface area contributed by atoms with Gasteiger partial charge in [0.15, 0.2) is 5.11 Å². The second kappa shape index (κ2) is 6.41. The monoisotopic (exact) mass is 273 g/mol. The number of hydrogen-bond donors (Lipinski definition) is 2. The molecule has 19 heavy (non-hydrogen) atoms. The molecule has 3 N–H and O–H groups in total. The molecule has 0 fully saturated rings. The standard InChI is InChI=1S/C12H11N5OS/c13-12(19)17-16-7-9-1-3-10(4-2-9)18-11-8-14-5-6-15-11/h1-8H,(H3,13,17,19). The first-order valence-electron chi connectivity index (χ1n) is 5.36. The molecule has 0 radical (unpaired) electrons. The van der Waals surface area contributed by atoms with Crippen LogP contribution in [0.25, 0.3) is 0 Å². The molecule has 0 aliphatic rings. The first-order chi connectivity index (χ1) is 9.24. The summed E-state index contributed by atoms with van der Waals surface area (Å²) in [6.45, 7) is 0. The number of nitrogens with two attached hydrogens (primary N) is 1. The lowest BCUT2D eigenvalue weighted by molar-refractivity contribution is 0.460. The molecule has 2 aromatic rings. The van der Waals surface area contributed by atoms with E-state index in [1.165, 1.54) is 0 Å². The highest BCUT2D eigenvalue weighted by atomic mass is 32.1. The largest absolute Gasteiger partial charge is 0.438 e. The second-order valence-corrected chi connectivity index (χ2v) is 3.89. The Labute approximate surface area is 115 Å². The summed E-state index contributed by atoms with van der Waals surface area (Å²) >= 11 is 4.62. The topological polar surface area (TPSA) is 85.4 Å². The minimum atomic E-state index is 0.124. The van der Waals surface area contributed by atoms with Crippen LogP contribution in [0.4, 0.5) is 0 Å². The van der Waals surface area contributed by atoms with E-state index < -0.39 is 0 Å². The number of nitrogens with zero attached hydrogens (tertiary/aromatic N) is 3. The van der Waals surface area contributed by atoms with Crippen molar-refractivity contribution in [3.8, 4) is 11.6 Å². The van der Waals surface area contributed by atoms with Gasteiger partial charge in [0.1, 0.15) is 5.75 Å². The van der Waals surface area contributed by atoms with E-state index in [0.29, 0.717) is 11.6 Å². The van der Waals surface area contributed by atoms with Gasteiger partial charge in [0.05, 0.1) is 12.4 Å². The van der Waals surface area contributed by atoms with E-state index in [0.717, 1.165) is 5.56 Å². The zero-order valence-electron chi connectivity index (χ0n) is 9.85. The van der Waals surface area contributed by atoms with Gasteiger partial charge in [-0.3, -0.25) is 10.4 Å². The molecule has 2 rings (SSSR count). The number of ether oxygens (including phenoxy) is 1. The maximum absolute atomic E-state index is 5.50. The Bertz CT molecular complexity index is 570. The molecule has 0 amide bonds. The molecule has 0 unspecified atom stereocenters. The molecular weight excluding hydrogens is 262 g/mol. The van der Waals surface area contributed by atoms with Gasteiger partial charge in [-0.1, -0.05) is 0 Å². The zero-order valence-corrected chi connectivity index (χ0v) is 10.7. The predicted molar refractivity (Wildman–Crippen MR) is 76.1 cm³/mol. The highest BCUT2D eigenvalue weighted by Crippen LogP contribution is 2.17. The first kappa shape index (κ1) is 12.9. The molecule has 0 saturated heterocycles. The van der Waals surface area contributed by atoms with Crippen LogP contribution in [0.5, 0.6) is 11.6 Å². The lowest BCUT2D eigenvalue weighted by Gasteiger charge is -2.03. The molecular formula is C12H11N5OS. The summed E-state index contributed by atoms with van der Waals surface area (Å²) in [6.07, 6.45) is 6.30. The van der Waals surface area contributed by atoms with Crippen LogP contribution in [0.1, 0.15) is 5.56 Å². The van der Waals surface area contributed by atoms with Crippen LogP contribution >= 0.6 is 12.2 Å². The zero-order chi connectivity index (χ0) is 13.5. The average Bonchev–Trinajstić information content (AvgIpc) is 2.42. The van der Waals surface area contributed by atoms with Gasteiger partial charge in [0.2, 0.25) is 5.88 Å². The van der Waals surface area contributed by atoms with Crippen molar-refractivity contribution >= 4 is 23.5 Å². The second-order valence-electron chi connectivity index (χ2n) is 3.45. The van der Waals surface area contributed by atoms with Crippen molar-refractivity contribution in [3.05, 3.63) is 48.4 Å². The van der Waals surface area contributed by atoms with Crippen LogP contribution in [-0.2, 0) is 0 Å². The van der Waals surface area contributed by atoms with Gasteiger partial charge >= 0.3 is 0 Å². The number of hydrogen-bond acceptors (Lipinski definition) is 5. The smallest absolute Gasteiger partial charge is 0.237 e. The third-order valence-electron chi connectivity index (χ3n) is 2.03. The molecule has 0 aliphatic carbocycles. The Morgan fingerprint density at radius 1 is 1.32 bits per heavy atom. The van der Waals surface area contributed by atoms with Crippen LogP contribution < -0.4 is 15.9 Å². The van der Waals surface area contributed by atoms with Crippen molar-refractivity contribution in [1.29, 1.82) is 0 Å². The summed E-state index contributed by atoms with van der Waals surface area (Å²) < 4.78 is 5.50. The van der Waals surface area contributed by atoms with Crippen molar-refractivity contribution < 1.29 is 4.74 Å². The van der Waals surface area contributed by atoms with E-state index in [1.807, 2.05) is 12.1 Å². The maximum atomic E-state index is 5.50. The lowest BCUT2D eigenvalue weighted by Crippen LogP contribution is -2.23. The third kappa shape index (κ3) is 4.32. The van der Waals surface area contributed by atoms with Gasteiger partial charge in [0, 0.05) is 12.4 Å². The van der Waals surface area contributed by atoms with Crippen molar-refractivity contribution in [2.45, 2.75) is 0 Å². The molecule has 96 valence electrons. The Morgan fingerprint density at radius 2 is 2.11 bits per heavy atom. The summed E-state index contributed by atoms with van der Waals surface area (Å²) in [4.78, 5) is 7.93. The van der Waals surface area contributed by atoms with Crippen molar-refractivity contribution in [2.75, 3.05) is 0 Å². The Hall–Kier alpha value is -2.54. The summed E-state index contributed by atoms with van der Waals surface area (Å²) in [5.74, 6) is 1.11. The molecule has 1 heterocycles. The SMILES string of the molecule is NC(=S)NN=Cc1ccc(Oc2cnccn2)cc1. The van der Waals surface area contributed by atoms with Gasteiger partial charge in [-0.15, -0.1) is 0 Å². The highest BCUT2D eigenvalue weighted by molar-refractivity contribution is 7.80. The van der Waals surface area contributed by atoms with Crippen molar-refractivity contribution in [2.24, 2.45) is 10.8 Å². The fourth-order valence-corrected chi connectivity index (χ4v) is 1.30. The minimum absolute atomic E-state index is 0.124. The molecule has 0 aliphatic heterocycles. The average molecular weight is 273 g/mol. The molecule has 0 bridgehead atoms. The summed E-state index contributed by atoms with van der Waals surface area (Å²) in [6, 6.07) is 7.29. The Balaban J connectivity index is 1.98. The summed E-state index contributed by atoms with van der Waals surface area (Å²) in [5, 5.41) is 3.97. The van der Waals surface area contributed by atoms with E-state index in [2.05, 4.69) is 32.7 Å². The van der Waals surface area contributed by atoms with Crippen LogP contribution in [0.3, 0.4) is 0 Å². The maximum Gasteiger partial charge on any atom is 0.237 e. The summed E-state index contributed by atoms with van der Waals surface area (Å²) in [5.41, 5.74) is 8.60. The van der Waals surface area contributed by atoms with Gasteiger partial charge < -0.3 is 10.5 Å². The molecule has 6 nitrogen and oxygen atoms in total. The molecule has 1 aromatic carbocycles. The predicted octanol–water partition coefficient (Wildman–Crippen LogP) is 1.44. The lowest BCUT2D eigenvalue weighted by atomic mass is 10.2. The van der Waals surface area contributed by atoms with Gasteiger partial charge in [-0.2, -0.15) is 5.10 Å². The van der Waals surface area contributed by atoms with Crippen molar-refractivity contribution in [1.82, 2.24) is 15.4 Å². The van der Waals surface area contributed by atoms with Gasteiger partial charge in [0.25, 0.3) is 0 Å². The number of thiocarbonyl (C=S) groups is 1. The van der Waals surface area contributed by atoms with Gasteiger partial charge in [-0.25, -0.2) is 4.98 Å². The number of nitrogens with one attached hydrogen (secondary N) is 1. The molecule has 1 aromatic heterocycles. The number of aromatic nitrogens is 2. The van der Waals surface area contributed by atoms with Crippen LogP contribution in [0.15, 0.2) is 48.0 Å². The van der Waals surface area contributed by atoms with Crippen LogP contribution in [0, 0.1) is 0 Å². The number of benzene rings is 1. The van der Waals surface area contributed by atoms with E-state index >= 15 is 0 Å². The molecule has 0 saturated carbocycles. The third-order valence-corrected chi connectivity index (χ3v) is 2.12. The Kier molecular flexibility index (Phi) is 4.35. The Morgan fingerprint density at radius 3 is 2.74 bits per heavy atom. The first-order valence-corrected chi connectivity index (χ1v) is 5.77. The molecule has 0 atom stereocenters. The highest BCUT2D eigenvalue weighted by Gasteiger charge is 1.97. The number of hydrazone groups is 1. The van der Waals surface area contributed by atoms with E-state index in [-0.39, 0.29) is 5.11 Å². The quantitative estimate of drug-likeness (QED) is 0.498. The summed E-state index contributed by atoms with van der Waals surface area (Å²) in [7, 11) is 0. The van der Waals surface area contributed by atoms with Gasteiger partial charge in [-0.05, 0) is 42.0 Å². The van der Waals surface area contributed by atoms with Crippen LogP contribution in [0.2, 0.25) is 0 Å². The minimum Gasteiger partial charge on any atom is -0.438 e. The normalized spacial score (nSPS) is 10.3. The molecule has 0 spiro atoms. The van der Waals surface area contributed by atoms with E-state index in [1.54, 1.807) is 36.9 Å². The fraction of sp³-hybridized carbons (Fsp3) is 0. The van der Waals surface area contributed by atoms with Crippen molar-refractivity contribution in [3.63, 3.8) is 0 Å². The fourth-order valence-electron chi connectivity index (χ4n) is 1.25.